The van der Waals surface area contributed by atoms with Crippen LogP contribution in [0, 0.1) is 0 Å². The first-order valence-electron chi connectivity index (χ1n) is 4.63. The molecule has 3 heteroatoms. The number of hydrogen-bond donors (Lipinski definition) is 0. The van der Waals surface area contributed by atoms with Crippen LogP contribution < -0.4 is 4.90 Å². The lowest BCUT2D eigenvalue weighted by atomic mass is 10.3. The van der Waals surface area contributed by atoms with Crippen LogP contribution in [0.2, 0.25) is 0 Å². The van der Waals surface area contributed by atoms with Gasteiger partial charge in [0, 0.05) is 12.2 Å². The molecule has 0 radical (unpaired) electrons. The third-order valence-electron chi connectivity index (χ3n) is 2.07. The van der Waals surface area contributed by atoms with Gasteiger partial charge < -0.3 is 9.32 Å². The molecule has 0 saturated heterocycles. The van der Waals surface area contributed by atoms with E-state index in [4.69, 9.17) is 4.42 Å². The molecule has 1 aromatic carbocycles. The molecule has 0 unspecified atom stereocenters. The van der Waals surface area contributed by atoms with Crippen molar-refractivity contribution in [3.8, 4) is 0 Å². The lowest BCUT2D eigenvalue weighted by Gasteiger charge is -2.18. The number of hydrogen-bond acceptors (Lipinski definition) is 3. The van der Waals surface area contributed by atoms with E-state index in [9.17, 15) is 0 Å². The zero-order valence-electron chi connectivity index (χ0n) is 8.05. The minimum absolute atomic E-state index is 0.777. The van der Waals surface area contributed by atoms with Crippen molar-refractivity contribution < 1.29 is 4.42 Å². The molecule has 0 spiro atoms. The van der Waals surface area contributed by atoms with Crippen molar-refractivity contribution >= 4 is 11.6 Å². The highest BCUT2D eigenvalue weighted by atomic mass is 16.4. The zero-order valence-corrected chi connectivity index (χ0v) is 8.05. The van der Waals surface area contributed by atoms with Crippen molar-refractivity contribution in [2.24, 2.45) is 0 Å². The van der Waals surface area contributed by atoms with Crippen molar-refractivity contribution in [3.05, 3.63) is 42.9 Å². The topological polar surface area (TPSA) is 29.3 Å². The lowest BCUT2D eigenvalue weighted by Crippen LogP contribution is -2.14. The molecular weight excluding hydrogens is 176 g/mol. The summed E-state index contributed by atoms with van der Waals surface area (Å²) in [5, 5.41) is 0. The van der Waals surface area contributed by atoms with E-state index in [1.807, 2.05) is 30.3 Å². The predicted molar refractivity (Wildman–Crippen MR) is 55.6 cm³/mol. The average Bonchev–Trinajstić information content (AvgIpc) is 2.74. The van der Waals surface area contributed by atoms with Crippen molar-refractivity contribution in [2.75, 3.05) is 11.4 Å². The molecule has 2 rings (SSSR count). The summed E-state index contributed by atoms with van der Waals surface area (Å²) in [4.78, 5) is 5.97. The molecular formula is C11H12N2O. The number of benzene rings is 1. The maximum Gasteiger partial charge on any atom is 0.220 e. The highest BCUT2D eigenvalue weighted by Gasteiger charge is 2.08. The fraction of sp³-hybridized carbons (Fsp3) is 0.182. The predicted octanol–water partition coefficient (Wildman–Crippen LogP) is 2.83. The Hall–Kier alpha value is -1.77. The Morgan fingerprint density at radius 1 is 1.29 bits per heavy atom. The van der Waals surface area contributed by atoms with Crippen LogP contribution in [0.15, 0.2) is 47.3 Å². The minimum atomic E-state index is 0.777. The maximum absolute atomic E-state index is 5.26. The number of anilines is 2. The Bertz CT molecular complexity index is 369. The molecule has 1 heterocycles. The van der Waals surface area contributed by atoms with Gasteiger partial charge in [-0.3, -0.25) is 0 Å². The molecule has 14 heavy (non-hydrogen) atoms. The Labute approximate surface area is 83.0 Å². The molecule has 1 aromatic heterocycles. The van der Waals surface area contributed by atoms with Crippen molar-refractivity contribution in [3.63, 3.8) is 0 Å². The molecule has 0 aliphatic heterocycles. The van der Waals surface area contributed by atoms with Gasteiger partial charge in [0.2, 0.25) is 5.88 Å². The van der Waals surface area contributed by atoms with Crippen molar-refractivity contribution in [2.45, 2.75) is 6.92 Å². The second kappa shape index (κ2) is 3.96. The SMILES string of the molecule is CCN(c1ccccc1)c1cnco1. The van der Waals surface area contributed by atoms with Gasteiger partial charge >= 0.3 is 0 Å². The highest BCUT2D eigenvalue weighted by Crippen LogP contribution is 2.23. The van der Waals surface area contributed by atoms with Crippen LogP contribution >= 0.6 is 0 Å². The summed E-state index contributed by atoms with van der Waals surface area (Å²) in [6.07, 6.45) is 3.16. The van der Waals surface area contributed by atoms with E-state index in [2.05, 4.69) is 16.8 Å². The van der Waals surface area contributed by atoms with Gasteiger partial charge in [0.15, 0.2) is 6.39 Å². The number of oxazole rings is 1. The van der Waals surface area contributed by atoms with Gasteiger partial charge in [-0.2, -0.15) is 0 Å². The summed E-state index contributed by atoms with van der Waals surface area (Å²) < 4.78 is 5.26. The zero-order chi connectivity index (χ0) is 9.80. The van der Waals surface area contributed by atoms with Gasteiger partial charge in [-0.25, -0.2) is 4.98 Å². The quantitative estimate of drug-likeness (QED) is 0.741. The van der Waals surface area contributed by atoms with Gasteiger partial charge in [-0.05, 0) is 19.1 Å². The van der Waals surface area contributed by atoms with Gasteiger partial charge in [-0.15, -0.1) is 0 Å². The van der Waals surface area contributed by atoms with Crippen LogP contribution in [-0.2, 0) is 0 Å². The third kappa shape index (κ3) is 1.62. The van der Waals surface area contributed by atoms with Crippen LogP contribution in [0.3, 0.4) is 0 Å². The monoisotopic (exact) mass is 188 g/mol. The number of rotatable bonds is 3. The van der Waals surface area contributed by atoms with E-state index in [0.29, 0.717) is 0 Å². The van der Waals surface area contributed by atoms with Crippen LogP contribution in [0.1, 0.15) is 6.92 Å². The largest absolute Gasteiger partial charge is 0.428 e. The van der Waals surface area contributed by atoms with Crippen LogP contribution in [0.4, 0.5) is 11.6 Å². The van der Waals surface area contributed by atoms with Gasteiger partial charge in [0.1, 0.15) is 0 Å². The summed E-state index contributed by atoms with van der Waals surface area (Å²) in [5.41, 5.74) is 1.12. The Morgan fingerprint density at radius 2 is 2.07 bits per heavy atom. The lowest BCUT2D eigenvalue weighted by molar-refractivity contribution is 0.555. The fourth-order valence-corrected chi connectivity index (χ4v) is 1.42. The van der Waals surface area contributed by atoms with Crippen molar-refractivity contribution in [1.82, 2.24) is 4.98 Å². The molecule has 0 atom stereocenters. The Balaban J connectivity index is 2.31. The summed E-state index contributed by atoms with van der Waals surface area (Å²) in [6, 6.07) is 10.1. The standard InChI is InChI=1S/C11H12N2O/c1-2-13(11-8-12-9-14-11)10-6-4-3-5-7-10/h3-9H,2H2,1H3. The first-order chi connectivity index (χ1) is 6.92. The molecule has 0 aliphatic carbocycles. The van der Waals surface area contributed by atoms with E-state index in [1.165, 1.54) is 6.39 Å². The summed E-state index contributed by atoms with van der Waals surface area (Å²) in [6.45, 7) is 2.94. The molecule has 72 valence electrons. The molecule has 3 nitrogen and oxygen atoms in total. The van der Waals surface area contributed by atoms with Crippen LogP contribution in [0.25, 0.3) is 0 Å². The molecule has 2 aromatic rings. The smallest absolute Gasteiger partial charge is 0.220 e. The van der Waals surface area contributed by atoms with E-state index in [1.54, 1.807) is 6.20 Å². The van der Waals surface area contributed by atoms with Crippen molar-refractivity contribution in [1.29, 1.82) is 0 Å². The van der Waals surface area contributed by atoms with Crippen LogP contribution in [0.5, 0.6) is 0 Å². The van der Waals surface area contributed by atoms with E-state index < -0.39 is 0 Å². The summed E-state index contributed by atoms with van der Waals surface area (Å²) >= 11 is 0. The first-order valence-corrected chi connectivity index (χ1v) is 4.63. The van der Waals surface area contributed by atoms with Crippen LogP contribution in [-0.4, -0.2) is 11.5 Å². The molecule has 0 fully saturated rings. The maximum atomic E-state index is 5.26. The number of aromatic nitrogens is 1. The normalized spacial score (nSPS) is 10.1. The van der Waals surface area contributed by atoms with E-state index >= 15 is 0 Å². The first kappa shape index (κ1) is 8.81. The summed E-state index contributed by atoms with van der Waals surface area (Å²) in [7, 11) is 0. The minimum Gasteiger partial charge on any atom is -0.428 e. The second-order valence-electron chi connectivity index (χ2n) is 2.92. The molecule has 0 bridgehead atoms. The van der Waals surface area contributed by atoms with E-state index in [0.717, 1.165) is 18.1 Å². The number of para-hydroxylation sites is 1. The second-order valence-corrected chi connectivity index (χ2v) is 2.92. The summed E-state index contributed by atoms with van der Waals surface area (Å²) in [5.74, 6) is 0.777. The third-order valence-corrected chi connectivity index (χ3v) is 2.07. The van der Waals surface area contributed by atoms with E-state index in [-0.39, 0.29) is 0 Å². The number of nitrogens with zero attached hydrogens (tertiary/aromatic N) is 2. The molecule has 0 amide bonds. The molecule has 0 N–H and O–H groups in total. The molecule has 0 saturated carbocycles. The fourth-order valence-electron chi connectivity index (χ4n) is 1.42. The molecule has 0 aliphatic rings. The Kier molecular flexibility index (Phi) is 2.49. The van der Waals surface area contributed by atoms with Gasteiger partial charge in [-0.1, -0.05) is 18.2 Å². The Morgan fingerprint density at radius 3 is 2.64 bits per heavy atom. The average molecular weight is 188 g/mol. The highest BCUT2D eigenvalue weighted by molar-refractivity contribution is 5.57. The van der Waals surface area contributed by atoms with Gasteiger partial charge in [0.25, 0.3) is 0 Å². The van der Waals surface area contributed by atoms with Gasteiger partial charge in [0.05, 0.1) is 6.20 Å².